The number of hydrogen-bond acceptors (Lipinski definition) is 4. The van der Waals surface area contributed by atoms with Gasteiger partial charge >= 0.3 is 5.97 Å². The summed E-state index contributed by atoms with van der Waals surface area (Å²) in [5.74, 6) is -1.19. The first-order valence-electron chi connectivity index (χ1n) is 4.88. The maximum absolute atomic E-state index is 11.6. The molecule has 0 fully saturated rings. The minimum absolute atomic E-state index is 0.0107. The first kappa shape index (κ1) is 12.2. The molecule has 0 atom stereocenters. The molecule has 0 heterocycles. The maximum Gasteiger partial charge on any atom is 0.303 e. The summed E-state index contributed by atoms with van der Waals surface area (Å²) in [6.45, 7) is 0.256. The van der Waals surface area contributed by atoms with Gasteiger partial charge in [0.05, 0.1) is 6.42 Å². The van der Waals surface area contributed by atoms with Crippen LogP contribution in [0.25, 0.3) is 0 Å². The number of nitrogen functional groups attached to an aromatic ring is 1. The summed E-state index contributed by atoms with van der Waals surface area (Å²) in [5.41, 5.74) is 12.8. The standard InChI is InChI=1S/C11H14N2O3/c12-6-8-5-7(1-2-9(8)13)10(14)3-4-11(15)16/h1-2,5H,3-4,6,12-13H2,(H,15,16). The molecule has 5 heteroatoms. The summed E-state index contributed by atoms with van der Waals surface area (Å²) in [4.78, 5) is 21.9. The molecule has 0 aliphatic carbocycles. The zero-order chi connectivity index (χ0) is 12.1. The highest BCUT2D eigenvalue weighted by molar-refractivity contribution is 5.97. The molecule has 86 valence electrons. The van der Waals surface area contributed by atoms with Gasteiger partial charge in [0.1, 0.15) is 0 Å². The summed E-state index contributed by atoms with van der Waals surface area (Å²) in [6, 6.07) is 4.80. The van der Waals surface area contributed by atoms with Crippen LogP contribution in [0.2, 0.25) is 0 Å². The van der Waals surface area contributed by atoms with E-state index in [1.807, 2.05) is 0 Å². The number of Topliss-reactive ketones (excluding diaryl/α,β-unsaturated/α-hetero) is 1. The number of carboxylic acid groups (broad SMARTS) is 1. The Balaban J connectivity index is 2.80. The lowest BCUT2D eigenvalue weighted by atomic mass is 10.0. The second kappa shape index (κ2) is 5.27. The van der Waals surface area contributed by atoms with Gasteiger partial charge in [-0.15, -0.1) is 0 Å². The third-order valence-electron chi connectivity index (χ3n) is 2.25. The van der Waals surface area contributed by atoms with E-state index in [0.717, 1.165) is 0 Å². The second-order valence-corrected chi connectivity index (χ2v) is 3.43. The number of carboxylic acids is 1. The Morgan fingerprint density at radius 1 is 1.25 bits per heavy atom. The minimum atomic E-state index is -0.983. The molecule has 0 amide bonds. The normalized spacial score (nSPS) is 10.1. The number of benzene rings is 1. The van der Waals surface area contributed by atoms with Gasteiger partial charge in [0.2, 0.25) is 0 Å². The maximum atomic E-state index is 11.6. The molecule has 5 nitrogen and oxygen atoms in total. The van der Waals surface area contributed by atoms with Gasteiger partial charge < -0.3 is 16.6 Å². The Hall–Kier alpha value is -1.88. The summed E-state index contributed by atoms with van der Waals surface area (Å²) in [5, 5.41) is 8.46. The van der Waals surface area contributed by atoms with E-state index >= 15 is 0 Å². The molecule has 0 aliphatic rings. The third-order valence-corrected chi connectivity index (χ3v) is 2.25. The fourth-order valence-corrected chi connectivity index (χ4v) is 1.32. The molecule has 5 N–H and O–H groups in total. The topological polar surface area (TPSA) is 106 Å². The second-order valence-electron chi connectivity index (χ2n) is 3.43. The Morgan fingerprint density at radius 2 is 1.94 bits per heavy atom. The summed E-state index contributed by atoms with van der Waals surface area (Å²) in [7, 11) is 0. The van der Waals surface area contributed by atoms with Gasteiger partial charge in [-0.3, -0.25) is 9.59 Å². The molecule has 0 saturated carbocycles. The molecular weight excluding hydrogens is 208 g/mol. The van der Waals surface area contributed by atoms with E-state index in [4.69, 9.17) is 16.6 Å². The summed E-state index contributed by atoms with van der Waals surface area (Å²) >= 11 is 0. The van der Waals surface area contributed by atoms with Gasteiger partial charge in [0.25, 0.3) is 0 Å². The number of anilines is 1. The van der Waals surface area contributed by atoms with Crippen LogP contribution in [0.5, 0.6) is 0 Å². The number of aliphatic carboxylic acids is 1. The van der Waals surface area contributed by atoms with Crippen molar-refractivity contribution in [3.05, 3.63) is 29.3 Å². The highest BCUT2D eigenvalue weighted by Crippen LogP contribution is 2.15. The Morgan fingerprint density at radius 3 is 2.50 bits per heavy atom. The van der Waals surface area contributed by atoms with E-state index in [9.17, 15) is 9.59 Å². The monoisotopic (exact) mass is 222 g/mol. The SMILES string of the molecule is NCc1cc(C(=O)CCC(=O)O)ccc1N. The van der Waals surface area contributed by atoms with Gasteiger partial charge in [0, 0.05) is 24.2 Å². The molecule has 0 bridgehead atoms. The Kier molecular flexibility index (Phi) is 4.02. The van der Waals surface area contributed by atoms with E-state index in [1.165, 1.54) is 0 Å². The van der Waals surface area contributed by atoms with Crippen LogP contribution in [-0.2, 0) is 11.3 Å². The van der Waals surface area contributed by atoms with Crippen molar-refractivity contribution in [2.75, 3.05) is 5.73 Å². The van der Waals surface area contributed by atoms with Gasteiger partial charge in [-0.2, -0.15) is 0 Å². The van der Waals surface area contributed by atoms with Crippen LogP contribution < -0.4 is 11.5 Å². The zero-order valence-corrected chi connectivity index (χ0v) is 8.77. The first-order valence-corrected chi connectivity index (χ1v) is 4.88. The van der Waals surface area contributed by atoms with Crippen molar-refractivity contribution in [3.8, 4) is 0 Å². The molecule has 0 spiro atoms. The van der Waals surface area contributed by atoms with Crippen molar-refractivity contribution in [1.82, 2.24) is 0 Å². The van der Waals surface area contributed by atoms with Crippen LogP contribution in [0, 0.1) is 0 Å². The minimum Gasteiger partial charge on any atom is -0.481 e. The number of hydrogen-bond donors (Lipinski definition) is 3. The van der Waals surface area contributed by atoms with Gasteiger partial charge in [-0.1, -0.05) is 0 Å². The fraction of sp³-hybridized carbons (Fsp3) is 0.273. The molecule has 1 aromatic rings. The molecule has 0 unspecified atom stereocenters. The van der Waals surface area contributed by atoms with Gasteiger partial charge in [-0.25, -0.2) is 0 Å². The van der Waals surface area contributed by atoms with Crippen molar-refractivity contribution in [2.45, 2.75) is 19.4 Å². The first-order chi connectivity index (χ1) is 7.54. The summed E-state index contributed by atoms with van der Waals surface area (Å²) < 4.78 is 0. The Bertz CT molecular complexity index is 416. The fourth-order valence-electron chi connectivity index (χ4n) is 1.32. The molecule has 0 radical (unpaired) electrons. The molecule has 0 saturated heterocycles. The van der Waals surface area contributed by atoms with Crippen LogP contribution in [0.4, 0.5) is 5.69 Å². The van der Waals surface area contributed by atoms with E-state index in [2.05, 4.69) is 0 Å². The Labute approximate surface area is 93.1 Å². The third kappa shape index (κ3) is 3.06. The quantitative estimate of drug-likeness (QED) is 0.504. The van der Waals surface area contributed by atoms with Crippen molar-refractivity contribution < 1.29 is 14.7 Å². The average Bonchev–Trinajstić information content (AvgIpc) is 2.26. The molecule has 16 heavy (non-hydrogen) atoms. The average molecular weight is 222 g/mol. The predicted octanol–water partition coefficient (Wildman–Crippen LogP) is 0.775. The zero-order valence-electron chi connectivity index (χ0n) is 8.77. The van der Waals surface area contributed by atoms with Crippen LogP contribution in [0.1, 0.15) is 28.8 Å². The molecule has 0 aromatic heterocycles. The highest BCUT2D eigenvalue weighted by Gasteiger charge is 2.09. The van der Waals surface area contributed by atoms with Crippen molar-refractivity contribution >= 4 is 17.4 Å². The van der Waals surface area contributed by atoms with Crippen LogP contribution in [-0.4, -0.2) is 16.9 Å². The van der Waals surface area contributed by atoms with Crippen LogP contribution in [0.3, 0.4) is 0 Å². The van der Waals surface area contributed by atoms with E-state index < -0.39 is 5.97 Å². The molecular formula is C11H14N2O3. The van der Waals surface area contributed by atoms with E-state index in [1.54, 1.807) is 18.2 Å². The summed E-state index contributed by atoms with van der Waals surface area (Å²) in [6.07, 6.45) is -0.176. The van der Waals surface area contributed by atoms with Crippen LogP contribution >= 0.6 is 0 Å². The van der Waals surface area contributed by atoms with E-state index in [-0.39, 0.29) is 25.2 Å². The lowest BCUT2D eigenvalue weighted by Gasteiger charge is -2.05. The predicted molar refractivity (Wildman–Crippen MR) is 59.9 cm³/mol. The highest BCUT2D eigenvalue weighted by atomic mass is 16.4. The lowest BCUT2D eigenvalue weighted by molar-refractivity contribution is -0.136. The largest absolute Gasteiger partial charge is 0.481 e. The lowest BCUT2D eigenvalue weighted by Crippen LogP contribution is -2.07. The number of carbonyl (C=O) groups is 2. The molecule has 0 aliphatic heterocycles. The van der Waals surface area contributed by atoms with E-state index in [0.29, 0.717) is 16.8 Å². The van der Waals surface area contributed by atoms with Crippen molar-refractivity contribution in [1.29, 1.82) is 0 Å². The molecule has 1 rings (SSSR count). The van der Waals surface area contributed by atoms with Crippen molar-refractivity contribution in [3.63, 3.8) is 0 Å². The number of rotatable bonds is 5. The van der Waals surface area contributed by atoms with Gasteiger partial charge in [0.15, 0.2) is 5.78 Å². The van der Waals surface area contributed by atoms with Gasteiger partial charge in [-0.05, 0) is 23.8 Å². The molecule has 1 aromatic carbocycles. The smallest absolute Gasteiger partial charge is 0.303 e. The number of carbonyl (C=O) groups excluding carboxylic acids is 1. The van der Waals surface area contributed by atoms with Crippen molar-refractivity contribution in [2.24, 2.45) is 5.73 Å². The van der Waals surface area contributed by atoms with Crippen LogP contribution in [0.15, 0.2) is 18.2 Å². The number of ketones is 1. The number of nitrogens with two attached hydrogens (primary N) is 2.